The van der Waals surface area contributed by atoms with E-state index in [9.17, 15) is 20.1 Å². The predicted octanol–water partition coefficient (Wildman–Crippen LogP) is 12.8. The van der Waals surface area contributed by atoms with E-state index in [1.807, 2.05) is 6.08 Å². The van der Waals surface area contributed by atoms with Crippen LogP contribution in [0.1, 0.15) is 226 Å². The van der Waals surface area contributed by atoms with E-state index in [4.69, 9.17) is 0 Å². The van der Waals surface area contributed by atoms with E-state index in [-0.39, 0.29) is 18.9 Å². The molecule has 0 aromatic carbocycles. The van der Waals surface area contributed by atoms with Crippen molar-refractivity contribution in [3.8, 4) is 0 Å². The van der Waals surface area contributed by atoms with Gasteiger partial charge in [0.25, 0.3) is 0 Å². The van der Waals surface area contributed by atoms with Crippen molar-refractivity contribution in [1.82, 2.24) is 5.32 Å². The zero-order chi connectivity index (χ0) is 37.3. The molecule has 3 unspecified atom stereocenters. The number of hydrogen-bond acceptors (Lipinski definition) is 4. The highest BCUT2D eigenvalue weighted by molar-refractivity contribution is 5.76. The predicted molar refractivity (Wildman–Crippen MR) is 222 cm³/mol. The van der Waals surface area contributed by atoms with Gasteiger partial charge in [-0.05, 0) is 44.9 Å². The summed E-state index contributed by atoms with van der Waals surface area (Å²) in [4.78, 5) is 12.4. The summed E-state index contributed by atoms with van der Waals surface area (Å²) in [6.45, 7) is 4.20. The lowest BCUT2D eigenvalue weighted by atomic mass is 10.0. The lowest BCUT2D eigenvalue weighted by Gasteiger charge is -2.21. The van der Waals surface area contributed by atoms with E-state index in [0.29, 0.717) is 6.42 Å². The van der Waals surface area contributed by atoms with Crippen molar-refractivity contribution in [1.29, 1.82) is 0 Å². The maximum Gasteiger partial charge on any atom is 0.222 e. The number of allylic oxidation sites excluding steroid dienone is 5. The molecule has 0 bridgehead atoms. The SMILES string of the molecule is CCCCCCCCCCCCC/C=C/CC/C=C/CC/C=C/C(O)C(CO)NC(=O)CC(O)CCCCCCCCCCCCCCCCC. The van der Waals surface area contributed by atoms with Gasteiger partial charge in [0.1, 0.15) is 0 Å². The van der Waals surface area contributed by atoms with Crippen molar-refractivity contribution >= 4 is 5.91 Å². The minimum Gasteiger partial charge on any atom is -0.394 e. The first-order valence-corrected chi connectivity index (χ1v) is 22.3. The lowest BCUT2D eigenvalue weighted by molar-refractivity contribution is -0.124. The quantitative estimate of drug-likeness (QED) is 0.0375. The number of carbonyl (C=O) groups excluding carboxylic acids is 1. The van der Waals surface area contributed by atoms with Crippen molar-refractivity contribution in [2.24, 2.45) is 0 Å². The van der Waals surface area contributed by atoms with Gasteiger partial charge in [-0.2, -0.15) is 0 Å². The Morgan fingerprint density at radius 1 is 0.490 bits per heavy atom. The molecular formula is C46H87NO4. The Hall–Kier alpha value is -1.43. The van der Waals surface area contributed by atoms with Gasteiger partial charge in [-0.1, -0.05) is 211 Å². The average Bonchev–Trinajstić information content (AvgIpc) is 3.12. The van der Waals surface area contributed by atoms with Gasteiger partial charge in [-0.25, -0.2) is 0 Å². The normalized spacial score (nSPS) is 13.9. The van der Waals surface area contributed by atoms with Crippen LogP contribution in [0.25, 0.3) is 0 Å². The summed E-state index contributed by atoms with van der Waals surface area (Å²) < 4.78 is 0. The van der Waals surface area contributed by atoms with Gasteiger partial charge in [-0.15, -0.1) is 0 Å². The van der Waals surface area contributed by atoms with Gasteiger partial charge in [0.2, 0.25) is 5.91 Å². The number of aliphatic hydroxyl groups is 3. The highest BCUT2D eigenvalue weighted by Crippen LogP contribution is 2.15. The Morgan fingerprint density at radius 3 is 1.25 bits per heavy atom. The fourth-order valence-electron chi connectivity index (χ4n) is 6.72. The Kier molecular flexibility index (Phi) is 40.2. The molecule has 0 saturated carbocycles. The molecule has 0 aliphatic heterocycles. The summed E-state index contributed by atoms with van der Waals surface area (Å²) in [5, 5.41) is 33.2. The molecule has 0 aliphatic carbocycles. The van der Waals surface area contributed by atoms with E-state index in [2.05, 4.69) is 43.5 Å². The van der Waals surface area contributed by atoms with Crippen LogP contribution in [-0.2, 0) is 4.79 Å². The van der Waals surface area contributed by atoms with Gasteiger partial charge < -0.3 is 20.6 Å². The molecule has 51 heavy (non-hydrogen) atoms. The third-order valence-corrected chi connectivity index (χ3v) is 10.2. The molecule has 0 fully saturated rings. The minimum absolute atomic E-state index is 0.00484. The summed E-state index contributed by atoms with van der Waals surface area (Å²) >= 11 is 0. The molecule has 0 saturated heterocycles. The Bertz CT molecular complexity index is 794. The minimum atomic E-state index is -0.957. The van der Waals surface area contributed by atoms with Crippen LogP contribution in [0.4, 0.5) is 0 Å². The molecule has 5 heteroatoms. The summed E-state index contributed by atoms with van der Waals surface area (Å²) in [5.74, 6) is -0.328. The van der Waals surface area contributed by atoms with Crippen LogP contribution in [0.2, 0.25) is 0 Å². The maximum atomic E-state index is 12.4. The number of hydrogen-bond donors (Lipinski definition) is 4. The number of amides is 1. The third kappa shape index (κ3) is 38.1. The number of rotatable bonds is 40. The standard InChI is InChI=1S/C46H87NO4/c1-3-5-7-9-11-13-15-17-19-20-21-22-23-24-26-28-30-32-34-36-38-40-45(50)44(42-48)47-46(51)41-43(49)39-37-35-33-31-29-27-25-18-16-14-12-10-8-6-4-2/h23-24,30,32,38,40,43-45,48-50H,3-22,25-29,31,33-37,39,41-42H2,1-2H3,(H,47,51)/b24-23+,32-30+,40-38+. The van der Waals surface area contributed by atoms with Crippen LogP contribution in [0, 0.1) is 0 Å². The molecule has 0 aliphatic rings. The Balaban J connectivity index is 3.73. The Labute approximate surface area is 317 Å². The molecule has 0 rings (SSSR count). The third-order valence-electron chi connectivity index (χ3n) is 10.2. The molecule has 0 spiro atoms. The zero-order valence-electron chi connectivity index (χ0n) is 34.0. The second kappa shape index (κ2) is 41.3. The van der Waals surface area contributed by atoms with Crippen LogP contribution < -0.4 is 5.32 Å². The first-order valence-electron chi connectivity index (χ1n) is 22.3. The fraction of sp³-hybridized carbons (Fsp3) is 0.848. The van der Waals surface area contributed by atoms with Crippen LogP contribution in [-0.4, -0.2) is 46.1 Å². The maximum absolute atomic E-state index is 12.4. The summed E-state index contributed by atoms with van der Waals surface area (Å²) in [6, 6.07) is -0.765. The molecule has 1 amide bonds. The molecule has 0 radical (unpaired) electrons. The van der Waals surface area contributed by atoms with E-state index in [1.165, 1.54) is 161 Å². The number of nitrogens with one attached hydrogen (secondary N) is 1. The molecule has 0 heterocycles. The summed E-state index contributed by atoms with van der Waals surface area (Å²) in [6.07, 6.45) is 51.4. The van der Waals surface area contributed by atoms with E-state index < -0.39 is 18.2 Å². The van der Waals surface area contributed by atoms with Crippen molar-refractivity contribution in [3.05, 3.63) is 36.5 Å². The van der Waals surface area contributed by atoms with E-state index >= 15 is 0 Å². The molecule has 4 N–H and O–H groups in total. The van der Waals surface area contributed by atoms with E-state index in [0.717, 1.165) is 38.5 Å². The topological polar surface area (TPSA) is 89.8 Å². The van der Waals surface area contributed by atoms with Gasteiger partial charge in [0, 0.05) is 0 Å². The van der Waals surface area contributed by atoms with Crippen molar-refractivity contribution in [2.45, 2.75) is 244 Å². The lowest BCUT2D eigenvalue weighted by Crippen LogP contribution is -2.45. The average molecular weight is 718 g/mol. The fourth-order valence-corrected chi connectivity index (χ4v) is 6.72. The highest BCUT2D eigenvalue weighted by Gasteiger charge is 2.20. The Morgan fingerprint density at radius 2 is 0.843 bits per heavy atom. The summed E-state index contributed by atoms with van der Waals surface area (Å²) in [5.41, 5.74) is 0. The van der Waals surface area contributed by atoms with Gasteiger partial charge in [-0.3, -0.25) is 4.79 Å². The molecule has 3 atom stereocenters. The van der Waals surface area contributed by atoms with Crippen LogP contribution in [0.15, 0.2) is 36.5 Å². The van der Waals surface area contributed by atoms with Gasteiger partial charge in [0.05, 0.1) is 31.3 Å². The van der Waals surface area contributed by atoms with Crippen molar-refractivity contribution in [2.75, 3.05) is 6.61 Å². The molecule has 0 aromatic heterocycles. The first kappa shape index (κ1) is 49.6. The van der Waals surface area contributed by atoms with Crippen molar-refractivity contribution in [3.63, 3.8) is 0 Å². The smallest absolute Gasteiger partial charge is 0.222 e. The second-order valence-electron chi connectivity index (χ2n) is 15.3. The van der Waals surface area contributed by atoms with E-state index in [1.54, 1.807) is 6.08 Å². The monoisotopic (exact) mass is 718 g/mol. The van der Waals surface area contributed by atoms with Crippen molar-refractivity contribution < 1.29 is 20.1 Å². The van der Waals surface area contributed by atoms with Crippen LogP contribution in [0.5, 0.6) is 0 Å². The number of carbonyl (C=O) groups is 1. The molecule has 300 valence electrons. The molecule has 5 nitrogen and oxygen atoms in total. The summed E-state index contributed by atoms with van der Waals surface area (Å²) in [7, 11) is 0. The highest BCUT2D eigenvalue weighted by atomic mass is 16.3. The van der Waals surface area contributed by atoms with Gasteiger partial charge >= 0.3 is 0 Å². The van der Waals surface area contributed by atoms with Gasteiger partial charge in [0.15, 0.2) is 0 Å². The molecular weight excluding hydrogens is 631 g/mol. The largest absolute Gasteiger partial charge is 0.394 e. The number of aliphatic hydroxyl groups excluding tert-OH is 3. The first-order chi connectivity index (χ1) is 25.0. The van der Waals surface area contributed by atoms with Crippen LogP contribution in [0.3, 0.4) is 0 Å². The zero-order valence-corrected chi connectivity index (χ0v) is 34.0. The second-order valence-corrected chi connectivity index (χ2v) is 15.3. The molecule has 0 aromatic rings. The number of unbranched alkanes of at least 4 members (excludes halogenated alkanes) is 27. The van der Waals surface area contributed by atoms with Crippen LogP contribution >= 0.6 is 0 Å².